The van der Waals surface area contributed by atoms with Crippen molar-refractivity contribution in [1.29, 1.82) is 0 Å². The highest BCUT2D eigenvalue weighted by molar-refractivity contribution is 7.89. The van der Waals surface area contributed by atoms with Gasteiger partial charge in [0.1, 0.15) is 5.75 Å². The SMILES string of the molecule is CC(=O)c1ccc(O[C@@H](C)C(=O)Nc2ccc(S(=O)(=O)N3CCCC3)cc2)cc1. The lowest BCUT2D eigenvalue weighted by Gasteiger charge is -2.17. The molecule has 0 unspecified atom stereocenters. The van der Waals surface area contributed by atoms with E-state index < -0.39 is 16.1 Å². The summed E-state index contributed by atoms with van der Waals surface area (Å²) in [5, 5.41) is 2.71. The topological polar surface area (TPSA) is 92.8 Å². The van der Waals surface area contributed by atoms with Crippen molar-refractivity contribution < 1.29 is 22.7 Å². The Kier molecular flexibility index (Phi) is 6.34. The molecule has 1 fully saturated rings. The molecular formula is C21H24N2O5S. The summed E-state index contributed by atoms with van der Waals surface area (Å²) in [6, 6.07) is 12.7. The average Bonchev–Trinajstić information content (AvgIpc) is 3.24. The molecule has 1 atom stereocenters. The lowest BCUT2D eigenvalue weighted by atomic mass is 10.1. The number of Topliss-reactive ketones (excluding diaryl/α,β-unsaturated/α-hetero) is 1. The number of nitrogens with zero attached hydrogens (tertiary/aromatic N) is 1. The molecule has 1 N–H and O–H groups in total. The van der Waals surface area contributed by atoms with E-state index in [4.69, 9.17) is 4.74 Å². The molecule has 2 aromatic carbocycles. The van der Waals surface area contributed by atoms with E-state index in [1.165, 1.54) is 23.4 Å². The summed E-state index contributed by atoms with van der Waals surface area (Å²) >= 11 is 0. The molecule has 8 heteroatoms. The molecule has 1 saturated heterocycles. The largest absolute Gasteiger partial charge is 0.481 e. The Labute approximate surface area is 170 Å². The zero-order valence-corrected chi connectivity index (χ0v) is 17.2. The van der Waals surface area contributed by atoms with Gasteiger partial charge in [0.05, 0.1) is 4.90 Å². The molecule has 0 saturated carbocycles. The van der Waals surface area contributed by atoms with Crippen molar-refractivity contribution in [2.45, 2.75) is 37.7 Å². The number of sulfonamides is 1. The first-order valence-electron chi connectivity index (χ1n) is 9.46. The van der Waals surface area contributed by atoms with Crippen molar-refractivity contribution in [1.82, 2.24) is 4.31 Å². The van der Waals surface area contributed by atoms with Crippen LogP contribution in [0.5, 0.6) is 5.75 Å². The number of hydrogen-bond donors (Lipinski definition) is 1. The molecule has 29 heavy (non-hydrogen) atoms. The molecular weight excluding hydrogens is 392 g/mol. The van der Waals surface area contributed by atoms with Gasteiger partial charge < -0.3 is 10.1 Å². The van der Waals surface area contributed by atoms with Gasteiger partial charge in [0.15, 0.2) is 11.9 Å². The fourth-order valence-corrected chi connectivity index (χ4v) is 4.57. The van der Waals surface area contributed by atoms with Crippen LogP contribution in [0.1, 0.15) is 37.0 Å². The number of nitrogens with one attached hydrogen (secondary N) is 1. The van der Waals surface area contributed by atoms with E-state index in [9.17, 15) is 18.0 Å². The molecule has 1 aliphatic rings. The zero-order chi connectivity index (χ0) is 21.0. The molecule has 7 nitrogen and oxygen atoms in total. The summed E-state index contributed by atoms with van der Waals surface area (Å²) in [5.74, 6) is 0.0676. The second-order valence-electron chi connectivity index (χ2n) is 6.97. The monoisotopic (exact) mass is 416 g/mol. The summed E-state index contributed by atoms with van der Waals surface area (Å²) in [5.41, 5.74) is 1.05. The minimum Gasteiger partial charge on any atom is -0.481 e. The Morgan fingerprint density at radius 3 is 2.14 bits per heavy atom. The normalized spacial score (nSPS) is 15.7. The molecule has 3 rings (SSSR count). The fourth-order valence-electron chi connectivity index (χ4n) is 3.06. The number of amides is 1. The number of ketones is 1. The van der Waals surface area contributed by atoms with Gasteiger partial charge in [-0.2, -0.15) is 4.31 Å². The van der Waals surface area contributed by atoms with Crippen LogP contribution in [0.15, 0.2) is 53.4 Å². The second kappa shape index (κ2) is 8.75. The Morgan fingerprint density at radius 1 is 1.00 bits per heavy atom. The third-order valence-corrected chi connectivity index (χ3v) is 6.68. The number of rotatable bonds is 7. The maximum Gasteiger partial charge on any atom is 0.265 e. The smallest absolute Gasteiger partial charge is 0.265 e. The van der Waals surface area contributed by atoms with Crippen LogP contribution in [0, 0.1) is 0 Å². The van der Waals surface area contributed by atoms with Gasteiger partial charge in [-0.25, -0.2) is 8.42 Å². The van der Waals surface area contributed by atoms with Crippen LogP contribution in [0.3, 0.4) is 0 Å². The van der Waals surface area contributed by atoms with Crippen LogP contribution in [-0.4, -0.2) is 43.6 Å². The van der Waals surface area contributed by atoms with Gasteiger partial charge in [-0.05, 0) is 75.2 Å². The predicted octanol–water partition coefficient (Wildman–Crippen LogP) is 3.08. The van der Waals surface area contributed by atoms with Crippen LogP contribution < -0.4 is 10.1 Å². The van der Waals surface area contributed by atoms with Crippen LogP contribution in [0.2, 0.25) is 0 Å². The maximum absolute atomic E-state index is 12.5. The summed E-state index contributed by atoms with van der Waals surface area (Å²) < 4.78 is 32.2. The van der Waals surface area contributed by atoms with E-state index in [0.29, 0.717) is 30.1 Å². The number of ether oxygens (including phenoxy) is 1. The Bertz CT molecular complexity index is 979. The first-order valence-corrected chi connectivity index (χ1v) is 10.9. The van der Waals surface area contributed by atoms with Crippen LogP contribution >= 0.6 is 0 Å². The van der Waals surface area contributed by atoms with Gasteiger partial charge in [0.2, 0.25) is 10.0 Å². The molecule has 0 radical (unpaired) electrons. The van der Waals surface area contributed by atoms with Crippen molar-refractivity contribution in [3.63, 3.8) is 0 Å². The van der Waals surface area contributed by atoms with E-state index in [-0.39, 0.29) is 16.6 Å². The summed E-state index contributed by atoms with van der Waals surface area (Å²) in [4.78, 5) is 23.9. The summed E-state index contributed by atoms with van der Waals surface area (Å²) in [6.45, 7) is 4.18. The Balaban J connectivity index is 1.60. The molecule has 154 valence electrons. The molecule has 0 bridgehead atoms. The lowest BCUT2D eigenvalue weighted by Crippen LogP contribution is -2.30. The number of carbonyl (C=O) groups excluding carboxylic acids is 2. The molecule has 0 aliphatic carbocycles. The number of anilines is 1. The highest BCUT2D eigenvalue weighted by Crippen LogP contribution is 2.22. The Morgan fingerprint density at radius 2 is 1.59 bits per heavy atom. The summed E-state index contributed by atoms with van der Waals surface area (Å²) in [6.07, 6.45) is 0.983. The predicted molar refractivity (Wildman–Crippen MR) is 110 cm³/mol. The van der Waals surface area contributed by atoms with Crippen LogP contribution in [-0.2, 0) is 14.8 Å². The third-order valence-electron chi connectivity index (χ3n) is 4.77. The molecule has 1 aliphatic heterocycles. The Hall–Kier alpha value is -2.71. The average molecular weight is 416 g/mol. The third kappa shape index (κ3) is 5.02. The van der Waals surface area contributed by atoms with Crippen molar-refractivity contribution in [2.24, 2.45) is 0 Å². The number of benzene rings is 2. The van der Waals surface area contributed by atoms with Gasteiger partial charge in [0.25, 0.3) is 5.91 Å². The molecule has 0 aromatic heterocycles. The highest BCUT2D eigenvalue weighted by atomic mass is 32.2. The van der Waals surface area contributed by atoms with E-state index in [0.717, 1.165) is 12.8 Å². The first kappa shape index (κ1) is 21.0. The molecule has 0 spiro atoms. The number of hydrogen-bond acceptors (Lipinski definition) is 5. The zero-order valence-electron chi connectivity index (χ0n) is 16.4. The lowest BCUT2D eigenvalue weighted by molar-refractivity contribution is -0.122. The molecule has 1 heterocycles. The van der Waals surface area contributed by atoms with E-state index in [1.807, 2.05) is 0 Å². The van der Waals surface area contributed by atoms with Gasteiger partial charge in [-0.1, -0.05) is 0 Å². The van der Waals surface area contributed by atoms with Crippen molar-refractivity contribution >= 4 is 27.4 Å². The van der Waals surface area contributed by atoms with E-state index >= 15 is 0 Å². The fraction of sp³-hybridized carbons (Fsp3) is 0.333. The quantitative estimate of drug-likeness (QED) is 0.700. The van der Waals surface area contributed by atoms with E-state index in [1.54, 1.807) is 43.3 Å². The van der Waals surface area contributed by atoms with Gasteiger partial charge in [-0.3, -0.25) is 9.59 Å². The molecule has 1 amide bonds. The minimum absolute atomic E-state index is 0.0440. The second-order valence-corrected chi connectivity index (χ2v) is 8.90. The molecule has 2 aromatic rings. The minimum atomic E-state index is -3.48. The highest BCUT2D eigenvalue weighted by Gasteiger charge is 2.27. The maximum atomic E-state index is 12.5. The van der Waals surface area contributed by atoms with Crippen LogP contribution in [0.25, 0.3) is 0 Å². The van der Waals surface area contributed by atoms with Crippen molar-refractivity contribution in [2.75, 3.05) is 18.4 Å². The standard InChI is InChI=1S/C21H24N2O5S/c1-15(24)17-5-9-19(10-6-17)28-16(2)21(25)22-18-7-11-20(12-8-18)29(26,27)23-13-3-4-14-23/h5-12,16H,3-4,13-14H2,1-2H3,(H,22,25)/t16-/m0/s1. The van der Waals surface area contributed by atoms with E-state index in [2.05, 4.69) is 5.32 Å². The number of carbonyl (C=O) groups is 2. The van der Waals surface area contributed by atoms with Crippen molar-refractivity contribution in [3.8, 4) is 5.75 Å². The van der Waals surface area contributed by atoms with Gasteiger partial charge in [0, 0.05) is 24.3 Å². The first-order chi connectivity index (χ1) is 13.8. The summed E-state index contributed by atoms with van der Waals surface area (Å²) in [7, 11) is -3.48. The van der Waals surface area contributed by atoms with Gasteiger partial charge in [-0.15, -0.1) is 0 Å². The van der Waals surface area contributed by atoms with Crippen molar-refractivity contribution in [3.05, 3.63) is 54.1 Å². The van der Waals surface area contributed by atoms with Gasteiger partial charge >= 0.3 is 0 Å². The van der Waals surface area contributed by atoms with Crippen LogP contribution in [0.4, 0.5) is 5.69 Å².